The van der Waals surface area contributed by atoms with E-state index >= 15 is 0 Å². The summed E-state index contributed by atoms with van der Waals surface area (Å²) in [7, 11) is 0. The van der Waals surface area contributed by atoms with Crippen LogP contribution in [0.4, 0.5) is 0 Å². The molecule has 4 nitrogen and oxygen atoms in total. The number of carboxylic acid groups (broad SMARTS) is 1. The maximum Gasteiger partial charge on any atom is 0.322 e. The van der Waals surface area contributed by atoms with Crippen LogP contribution in [0.3, 0.4) is 0 Å². The molecular weight excluding hydrogens is 266 g/mol. The van der Waals surface area contributed by atoms with Crippen molar-refractivity contribution in [1.82, 2.24) is 5.32 Å². The van der Waals surface area contributed by atoms with Crippen molar-refractivity contribution in [1.29, 1.82) is 0 Å². The fraction of sp³-hybridized carbons (Fsp3) is 0.529. The third-order valence-electron chi connectivity index (χ3n) is 2.91. The molecule has 0 bridgehead atoms. The summed E-state index contributed by atoms with van der Waals surface area (Å²) >= 11 is 0. The first-order valence-corrected chi connectivity index (χ1v) is 7.27. The molecule has 0 aliphatic rings. The minimum atomic E-state index is -1.04. The maximum absolute atomic E-state index is 11.4. The molecule has 0 atom stereocenters. The van der Waals surface area contributed by atoms with Gasteiger partial charge in [-0.05, 0) is 53.4 Å². The Morgan fingerprint density at radius 2 is 1.52 bits per heavy atom. The van der Waals surface area contributed by atoms with Crippen molar-refractivity contribution in [3.05, 3.63) is 34.9 Å². The Bertz CT molecular complexity index is 441. The minimum absolute atomic E-state index is 0.341. The number of rotatable bonds is 9. The molecule has 0 aliphatic heterocycles. The van der Waals surface area contributed by atoms with Gasteiger partial charge in [-0.1, -0.05) is 28.9 Å². The molecule has 0 fully saturated rings. The molecule has 0 radical (unpaired) electrons. The zero-order chi connectivity index (χ0) is 16.3. The molecular formula is C17H27NO3. The fourth-order valence-electron chi connectivity index (χ4n) is 1.75. The van der Waals surface area contributed by atoms with E-state index in [2.05, 4.69) is 38.2 Å². The van der Waals surface area contributed by atoms with E-state index in [0.717, 1.165) is 31.3 Å². The van der Waals surface area contributed by atoms with Gasteiger partial charge in [-0.3, -0.25) is 9.59 Å². The van der Waals surface area contributed by atoms with Crippen molar-refractivity contribution in [3.63, 3.8) is 0 Å². The molecule has 21 heavy (non-hydrogen) atoms. The van der Waals surface area contributed by atoms with Crippen LogP contribution in [0.1, 0.15) is 53.4 Å². The summed E-state index contributed by atoms with van der Waals surface area (Å²) in [6.07, 6.45) is 9.73. The molecule has 4 heteroatoms. The van der Waals surface area contributed by atoms with Gasteiger partial charge in [-0.2, -0.15) is 0 Å². The highest BCUT2D eigenvalue weighted by Gasteiger charge is 2.01. The lowest BCUT2D eigenvalue weighted by Crippen LogP contribution is -2.27. The van der Waals surface area contributed by atoms with E-state index in [-0.39, 0.29) is 12.5 Å². The Morgan fingerprint density at radius 3 is 2.10 bits per heavy atom. The lowest BCUT2D eigenvalue weighted by Gasteiger charge is -2.02. The average molecular weight is 293 g/mol. The van der Waals surface area contributed by atoms with Crippen molar-refractivity contribution in [2.75, 3.05) is 6.54 Å². The standard InChI is InChI=1S/C17H27NO3/c1-13(2)7-5-8-14(3)9-6-10-15(4)11-16(19)18-12-17(20)21/h7,9,11H,5-6,8,10,12H2,1-4H3,(H,18,19)(H,20,21)/b14-9+,15-11+. The molecule has 0 rings (SSSR count). The van der Waals surface area contributed by atoms with E-state index in [1.54, 1.807) is 0 Å². The quantitative estimate of drug-likeness (QED) is 0.504. The number of allylic oxidation sites excluding steroid dienone is 5. The van der Waals surface area contributed by atoms with Crippen LogP contribution >= 0.6 is 0 Å². The molecule has 118 valence electrons. The summed E-state index contributed by atoms with van der Waals surface area (Å²) in [5.74, 6) is -1.39. The summed E-state index contributed by atoms with van der Waals surface area (Å²) < 4.78 is 0. The van der Waals surface area contributed by atoms with Gasteiger partial charge in [0.05, 0.1) is 0 Å². The first kappa shape index (κ1) is 19.2. The Hall–Kier alpha value is -1.84. The second kappa shape index (κ2) is 10.9. The Labute approximate surface area is 127 Å². The predicted molar refractivity (Wildman–Crippen MR) is 86.1 cm³/mol. The van der Waals surface area contributed by atoms with Crippen molar-refractivity contribution >= 4 is 11.9 Å². The largest absolute Gasteiger partial charge is 0.480 e. The second-order valence-electron chi connectivity index (χ2n) is 5.51. The third-order valence-corrected chi connectivity index (χ3v) is 2.91. The molecule has 1 amide bonds. The topological polar surface area (TPSA) is 66.4 Å². The van der Waals surface area contributed by atoms with Crippen LogP contribution in [0.15, 0.2) is 34.9 Å². The lowest BCUT2D eigenvalue weighted by atomic mass is 10.1. The van der Waals surface area contributed by atoms with Gasteiger partial charge >= 0.3 is 5.97 Å². The number of hydrogen-bond acceptors (Lipinski definition) is 2. The zero-order valence-electron chi connectivity index (χ0n) is 13.5. The maximum atomic E-state index is 11.4. The highest BCUT2D eigenvalue weighted by molar-refractivity contribution is 5.90. The average Bonchev–Trinajstić information content (AvgIpc) is 2.35. The van der Waals surface area contributed by atoms with Gasteiger partial charge in [0.15, 0.2) is 0 Å². The van der Waals surface area contributed by atoms with Gasteiger partial charge in [-0.15, -0.1) is 0 Å². The summed E-state index contributed by atoms with van der Waals surface area (Å²) in [6.45, 7) is 7.86. The van der Waals surface area contributed by atoms with Crippen molar-refractivity contribution < 1.29 is 14.7 Å². The van der Waals surface area contributed by atoms with Crippen molar-refractivity contribution in [2.24, 2.45) is 0 Å². The van der Waals surface area contributed by atoms with Crippen molar-refractivity contribution in [3.8, 4) is 0 Å². The number of amides is 1. The van der Waals surface area contributed by atoms with Gasteiger partial charge < -0.3 is 10.4 Å². The number of nitrogens with one attached hydrogen (secondary N) is 1. The number of hydrogen-bond donors (Lipinski definition) is 2. The summed E-state index contributed by atoms with van der Waals surface area (Å²) in [4.78, 5) is 21.7. The smallest absolute Gasteiger partial charge is 0.322 e. The third kappa shape index (κ3) is 12.9. The first-order valence-electron chi connectivity index (χ1n) is 7.27. The number of carbonyl (C=O) groups excluding carboxylic acids is 1. The SMILES string of the molecule is CC(C)=CCC/C(C)=C/CC/C(C)=C/C(=O)NCC(=O)O. The van der Waals surface area contributed by atoms with E-state index < -0.39 is 5.97 Å². The summed E-state index contributed by atoms with van der Waals surface area (Å²) in [5.41, 5.74) is 3.65. The van der Waals surface area contributed by atoms with Crippen LogP contribution in [0.2, 0.25) is 0 Å². The van der Waals surface area contributed by atoms with Crippen molar-refractivity contribution in [2.45, 2.75) is 53.4 Å². The second-order valence-corrected chi connectivity index (χ2v) is 5.51. The molecule has 0 aliphatic carbocycles. The highest BCUT2D eigenvalue weighted by atomic mass is 16.4. The van der Waals surface area contributed by atoms with Crippen LogP contribution in [0, 0.1) is 0 Å². The monoisotopic (exact) mass is 293 g/mol. The van der Waals surface area contributed by atoms with Crippen LogP contribution < -0.4 is 5.32 Å². The number of carbonyl (C=O) groups is 2. The van der Waals surface area contributed by atoms with Crippen LogP contribution in [-0.2, 0) is 9.59 Å². The molecule has 0 unspecified atom stereocenters. The molecule has 0 saturated carbocycles. The molecule has 0 saturated heterocycles. The Kier molecular flexibility index (Phi) is 9.94. The van der Waals surface area contributed by atoms with E-state index in [9.17, 15) is 9.59 Å². The van der Waals surface area contributed by atoms with Crippen LogP contribution in [-0.4, -0.2) is 23.5 Å². The first-order chi connectivity index (χ1) is 9.81. The van der Waals surface area contributed by atoms with E-state index in [1.807, 2.05) is 6.92 Å². The molecule has 0 spiro atoms. The van der Waals surface area contributed by atoms with Crippen LogP contribution in [0.25, 0.3) is 0 Å². The van der Waals surface area contributed by atoms with E-state index in [0.29, 0.717) is 0 Å². The van der Waals surface area contributed by atoms with Gasteiger partial charge in [0.25, 0.3) is 0 Å². The minimum Gasteiger partial charge on any atom is -0.480 e. The molecule has 0 aromatic carbocycles. The Balaban J connectivity index is 4.06. The van der Waals surface area contributed by atoms with Gasteiger partial charge in [0.2, 0.25) is 5.91 Å². The number of aliphatic carboxylic acids is 1. The molecule has 0 aromatic rings. The fourth-order valence-corrected chi connectivity index (χ4v) is 1.75. The summed E-state index contributed by atoms with van der Waals surface area (Å²) in [5, 5.41) is 10.8. The van der Waals surface area contributed by atoms with E-state index in [1.165, 1.54) is 17.2 Å². The Morgan fingerprint density at radius 1 is 0.952 bits per heavy atom. The van der Waals surface area contributed by atoms with Gasteiger partial charge in [0, 0.05) is 6.08 Å². The zero-order valence-corrected chi connectivity index (χ0v) is 13.5. The molecule has 0 aromatic heterocycles. The van der Waals surface area contributed by atoms with Gasteiger partial charge in [0.1, 0.15) is 6.54 Å². The number of carboxylic acids is 1. The summed E-state index contributed by atoms with van der Waals surface area (Å²) in [6, 6.07) is 0. The van der Waals surface area contributed by atoms with Gasteiger partial charge in [-0.25, -0.2) is 0 Å². The predicted octanol–water partition coefficient (Wildman–Crippen LogP) is 3.61. The molecule has 2 N–H and O–H groups in total. The lowest BCUT2D eigenvalue weighted by molar-refractivity contribution is -0.137. The van der Waals surface area contributed by atoms with E-state index in [4.69, 9.17) is 5.11 Å². The normalized spacial score (nSPS) is 12.0. The molecule has 0 heterocycles. The highest BCUT2D eigenvalue weighted by Crippen LogP contribution is 2.11. The van der Waals surface area contributed by atoms with Crippen LogP contribution in [0.5, 0.6) is 0 Å².